The van der Waals surface area contributed by atoms with Gasteiger partial charge in [-0.05, 0) is 37.6 Å². The van der Waals surface area contributed by atoms with Gasteiger partial charge in [-0.1, -0.05) is 20.8 Å². The van der Waals surface area contributed by atoms with Gasteiger partial charge in [-0.15, -0.1) is 11.3 Å². The maximum Gasteiger partial charge on any atom is 0.185 e. The Bertz CT molecular complexity index is 386. The fraction of sp³-hybridized carbons (Fsp3) is 0.800. The zero-order valence-electron chi connectivity index (χ0n) is 12.5. The van der Waals surface area contributed by atoms with E-state index in [9.17, 15) is 0 Å². The second-order valence-electron chi connectivity index (χ2n) is 6.29. The number of aromatic nitrogens is 1. The summed E-state index contributed by atoms with van der Waals surface area (Å²) in [5.41, 5.74) is 0.498. The molecule has 0 bridgehead atoms. The molecule has 19 heavy (non-hydrogen) atoms. The molecule has 0 spiro atoms. The summed E-state index contributed by atoms with van der Waals surface area (Å²) in [7, 11) is 0. The van der Waals surface area contributed by atoms with Crippen molar-refractivity contribution in [2.45, 2.75) is 53.0 Å². The van der Waals surface area contributed by atoms with Crippen molar-refractivity contribution in [1.29, 1.82) is 0 Å². The molecule has 1 aromatic heterocycles. The Morgan fingerprint density at radius 2 is 2.21 bits per heavy atom. The van der Waals surface area contributed by atoms with E-state index < -0.39 is 0 Å². The lowest BCUT2D eigenvalue weighted by atomic mass is 9.85. The monoisotopic (exact) mass is 281 g/mol. The summed E-state index contributed by atoms with van der Waals surface area (Å²) in [5, 5.41) is 4.66. The average molecular weight is 281 g/mol. The van der Waals surface area contributed by atoms with Gasteiger partial charge in [0.2, 0.25) is 0 Å². The normalized spacial score (nSPS) is 19.4. The zero-order valence-corrected chi connectivity index (χ0v) is 13.4. The predicted molar refractivity (Wildman–Crippen MR) is 84.0 cm³/mol. The molecule has 1 aromatic rings. The topological polar surface area (TPSA) is 28.2 Å². The molecule has 108 valence electrons. The molecule has 0 atom stereocenters. The van der Waals surface area contributed by atoms with Gasteiger partial charge in [0.05, 0.1) is 0 Å². The first-order chi connectivity index (χ1) is 9.11. The van der Waals surface area contributed by atoms with E-state index in [1.54, 1.807) is 0 Å². The molecule has 0 saturated carbocycles. The minimum atomic E-state index is 0.498. The van der Waals surface area contributed by atoms with E-state index >= 15 is 0 Å². The summed E-state index contributed by atoms with van der Waals surface area (Å²) >= 11 is 1.85. The van der Waals surface area contributed by atoms with Gasteiger partial charge in [-0.3, -0.25) is 0 Å². The van der Waals surface area contributed by atoms with Crippen molar-refractivity contribution >= 4 is 16.5 Å². The number of thiazole rings is 1. The molecule has 1 fully saturated rings. The van der Waals surface area contributed by atoms with Crippen LogP contribution in [0.5, 0.6) is 0 Å². The third-order valence-corrected chi connectivity index (χ3v) is 4.94. The lowest BCUT2D eigenvalue weighted by molar-refractivity contribution is 0.325. The Balaban J connectivity index is 1.91. The molecule has 3 nitrogen and oxygen atoms in total. The minimum Gasteiger partial charge on any atom is -0.348 e. The Hall–Kier alpha value is -0.610. The maximum absolute atomic E-state index is 4.61. The van der Waals surface area contributed by atoms with Crippen LogP contribution in [0.2, 0.25) is 0 Å². The van der Waals surface area contributed by atoms with Crippen LogP contribution in [-0.4, -0.2) is 24.6 Å². The van der Waals surface area contributed by atoms with Crippen LogP contribution in [0.3, 0.4) is 0 Å². The second-order valence-corrected chi connectivity index (χ2v) is 7.38. The molecule has 0 amide bonds. The van der Waals surface area contributed by atoms with Gasteiger partial charge < -0.3 is 10.2 Å². The van der Waals surface area contributed by atoms with E-state index in [1.165, 1.54) is 42.2 Å². The van der Waals surface area contributed by atoms with E-state index in [0.717, 1.165) is 19.6 Å². The maximum atomic E-state index is 4.61. The highest BCUT2D eigenvalue weighted by atomic mass is 32.1. The quantitative estimate of drug-likeness (QED) is 0.835. The average Bonchev–Trinajstić information content (AvgIpc) is 2.75. The van der Waals surface area contributed by atoms with Crippen LogP contribution in [0.4, 0.5) is 5.13 Å². The molecule has 0 radical (unpaired) electrons. The van der Waals surface area contributed by atoms with Gasteiger partial charge in [-0.25, -0.2) is 4.98 Å². The van der Waals surface area contributed by atoms with Crippen molar-refractivity contribution in [3.05, 3.63) is 11.1 Å². The van der Waals surface area contributed by atoms with Crippen LogP contribution < -0.4 is 10.2 Å². The first-order valence-corrected chi connectivity index (χ1v) is 8.33. The SMILES string of the molecule is CCCNCc1cnc(N2CCCC(C)(C)CC2)s1. The van der Waals surface area contributed by atoms with Crippen LogP contribution >= 0.6 is 11.3 Å². The van der Waals surface area contributed by atoms with E-state index in [2.05, 4.69) is 36.0 Å². The zero-order chi connectivity index (χ0) is 13.7. The van der Waals surface area contributed by atoms with E-state index in [0.29, 0.717) is 5.41 Å². The molecular formula is C15H27N3S. The highest BCUT2D eigenvalue weighted by molar-refractivity contribution is 7.15. The van der Waals surface area contributed by atoms with Crippen molar-refractivity contribution in [2.24, 2.45) is 5.41 Å². The fourth-order valence-corrected chi connectivity index (χ4v) is 3.46. The van der Waals surface area contributed by atoms with Gasteiger partial charge in [0.25, 0.3) is 0 Å². The number of nitrogens with zero attached hydrogens (tertiary/aromatic N) is 2. The molecule has 0 unspecified atom stereocenters. The summed E-state index contributed by atoms with van der Waals surface area (Å²) in [6.07, 6.45) is 7.12. The molecule has 2 heterocycles. The first kappa shape index (κ1) is 14.8. The number of hydrogen-bond acceptors (Lipinski definition) is 4. The third kappa shape index (κ3) is 4.46. The number of hydrogen-bond donors (Lipinski definition) is 1. The third-order valence-electron chi connectivity index (χ3n) is 3.88. The molecule has 0 aliphatic carbocycles. The number of anilines is 1. The van der Waals surface area contributed by atoms with E-state index in [-0.39, 0.29) is 0 Å². The molecule has 0 aromatic carbocycles. The summed E-state index contributed by atoms with van der Waals surface area (Å²) < 4.78 is 0. The number of nitrogens with one attached hydrogen (secondary N) is 1. The predicted octanol–water partition coefficient (Wildman–Crippen LogP) is 3.66. The van der Waals surface area contributed by atoms with Gasteiger partial charge >= 0.3 is 0 Å². The standard InChI is InChI=1S/C15H27N3S/c1-4-8-16-11-13-12-17-14(19-13)18-9-5-6-15(2,3)7-10-18/h12,16H,4-11H2,1-3H3. The molecule has 1 N–H and O–H groups in total. The lowest BCUT2D eigenvalue weighted by Crippen LogP contribution is -2.24. The molecule has 1 aliphatic heterocycles. The van der Waals surface area contributed by atoms with Crippen LogP contribution in [-0.2, 0) is 6.54 Å². The van der Waals surface area contributed by atoms with Gasteiger partial charge in [0.15, 0.2) is 5.13 Å². The summed E-state index contributed by atoms with van der Waals surface area (Å²) in [6.45, 7) is 11.3. The second kappa shape index (κ2) is 6.71. The van der Waals surface area contributed by atoms with Crippen LogP contribution in [0, 0.1) is 5.41 Å². The Labute approximate surface area is 121 Å². The van der Waals surface area contributed by atoms with E-state index in [4.69, 9.17) is 0 Å². The van der Waals surface area contributed by atoms with Gasteiger partial charge in [0, 0.05) is 30.7 Å². The first-order valence-electron chi connectivity index (χ1n) is 7.51. The smallest absolute Gasteiger partial charge is 0.185 e. The number of rotatable bonds is 5. The Kier molecular flexibility index (Phi) is 5.22. The molecule has 2 rings (SSSR count). The summed E-state index contributed by atoms with van der Waals surface area (Å²) in [5.74, 6) is 0. The minimum absolute atomic E-state index is 0.498. The lowest BCUT2D eigenvalue weighted by Gasteiger charge is -2.22. The van der Waals surface area contributed by atoms with Crippen LogP contribution in [0.1, 0.15) is 51.3 Å². The van der Waals surface area contributed by atoms with Crippen molar-refractivity contribution < 1.29 is 0 Å². The van der Waals surface area contributed by atoms with Gasteiger partial charge in [-0.2, -0.15) is 0 Å². The van der Waals surface area contributed by atoms with Crippen LogP contribution in [0.25, 0.3) is 0 Å². The van der Waals surface area contributed by atoms with Crippen molar-refractivity contribution in [3.63, 3.8) is 0 Å². The highest BCUT2D eigenvalue weighted by Gasteiger charge is 2.24. The Morgan fingerprint density at radius 1 is 1.37 bits per heavy atom. The van der Waals surface area contributed by atoms with E-state index in [1.807, 2.05) is 17.5 Å². The highest BCUT2D eigenvalue weighted by Crippen LogP contribution is 2.32. The van der Waals surface area contributed by atoms with Gasteiger partial charge in [0.1, 0.15) is 0 Å². The Morgan fingerprint density at radius 3 is 3.00 bits per heavy atom. The molecule has 1 aliphatic rings. The van der Waals surface area contributed by atoms with Crippen molar-refractivity contribution in [2.75, 3.05) is 24.5 Å². The molecular weight excluding hydrogens is 254 g/mol. The van der Waals surface area contributed by atoms with Crippen LogP contribution in [0.15, 0.2) is 6.20 Å². The summed E-state index contributed by atoms with van der Waals surface area (Å²) in [6, 6.07) is 0. The molecule has 4 heteroatoms. The fourth-order valence-electron chi connectivity index (χ4n) is 2.53. The van der Waals surface area contributed by atoms with Crippen molar-refractivity contribution in [3.8, 4) is 0 Å². The largest absolute Gasteiger partial charge is 0.348 e. The van der Waals surface area contributed by atoms with Crippen molar-refractivity contribution in [1.82, 2.24) is 10.3 Å². The molecule has 1 saturated heterocycles. The summed E-state index contributed by atoms with van der Waals surface area (Å²) in [4.78, 5) is 8.44.